The Kier molecular flexibility index (Phi) is 4.31. The second kappa shape index (κ2) is 5.99. The van der Waals surface area contributed by atoms with Crippen molar-refractivity contribution < 1.29 is 19.4 Å². The van der Waals surface area contributed by atoms with E-state index >= 15 is 0 Å². The van der Waals surface area contributed by atoms with Crippen LogP contribution in [0.5, 0.6) is 5.75 Å². The zero-order valence-electron chi connectivity index (χ0n) is 12.1. The number of anilines is 1. The van der Waals surface area contributed by atoms with Crippen molar-refractivity contribution >= 4 is 17.6 Å². The molecule has 0 unspecified atom stereocenters. The van der Waals surface area contributed by atoms with Gasteiger partial charge in [-0.2, -0.15) is 0 Å². The predicted molar refractivity (Wildman–Crippen MR) is 76.6 cm³/mol. The lowest BCUT2D eigenvalue weighted by Crippen LogP contribution is -2.49. The molecule has 1 aromatic rings. The van der Waals surface area contributed by atoms with Gasteiger partial charge in [-0.05, 0) is 25.0 Å². The van der Waals surface area contributed by atoms with Gasteiger partial charge in [0.05, 0.1) is 18.7 Å². The van der Waals surface area contributed by atoms with Crippen molar-refractivity contribution in [2.24, 2.45) is 11.3 Å². The van der Waals surface area contributed by atoms with Crippen LogP contribution in [0.1, 0.15) is 19.8 Å². The van der Waals surface area contributed by atoms with E-state index in [9.17, 15) is 14.7 Å². The predicted octanol–water partition coefficient (Wildman–Crippen LogP) is 1.36. The van der Waals surface area contributed by atoms with Crippen LogP contribution in [0.25, 0.3) is 0 Å². The van der Waals surface area contributed by atoms with Crippen LogP contribution in [0.15, 0.2) is 36.4 Å². The Morgan fingerprint density at radius 2 is 2.05 bits per heavy atom. The van der Waals surface area contributed by atoms with Crippen molar-refractivity contribution in [1.82, 2.24) is 0 Å². The van der Waals surface area contributed by atoms with Crippen LogP contribution < -0.4 is 15.2 Å². The molecule has 0 aliphatic heterocycles. The fourth-order valence-electron chi connectivity index (χ4n) is 2.55. The number of hydrogen-bond acceptors (Lipinski definition) is 4. The molecule has 0 spiro atoms. The Hall–Kier alpha value is -2.30. The Morgan fingerprint density at radius 1 is 1.33 bits per heavy atom. The molecule has 1 N–H and O–H groups in total. The van der Waals surface area contributed by atoms with E-state index in [0.29, 0.717) is 24.3 Å². The molecule has 1 aromatic carbocycles. The number of aliphatic carboxylic acids is 1. The molecule has 2 rings (SSSR count). The number of benzene rings is 1. The quantitative estimate of drug-likeness (QED) is 0.848. The van der Waals surface area contributed by atoms with Crippen LogP contribution in [-0.2, 0) is 9.59 Å². The molecule has 0 saturated carbocycles. The molecule has 5 nitrogen and oxygen atoms in total. The lowest BCUT2D eigenvalue weighted by atomic mass is 9.69. The highest BCUT2D eigenvalue weighted by atomic mass is 16.5. The van der Waals surface area contributed by atoms with Crippen LogP contribution in [0.4, 0.5) is 5.69 Å². The number of carbonyl (C=O) groups excluding carboxylic acids is 2. The normalized spacial score (nSPS) is 24.4. The zero-order chi connectivity index (χ0) is 15.5. The number of carboxylic acids is 1. The summed E-state index contributed by atoms with van der Waals surface area (Å²) < 4.78 is 5.18. The van der Waals surface area contributed by atoms with Crippen molar-refractivity contribution in [2.45, 2.75) is 19.8 Å². The third-order valence-corrected chi connectivity index (χ3v) is 4.00. The summed E-state index contributed by atoms with van der Waals surface area (Å²) in [5, 5.41) is 14.2. The Labute approximate surface area is 123 Å². The summed E-state index contributed by atoms with van der Waals surface area (Å²) in [6.07, 6.45) is 4.28. The molecule has 0 heterocycles. The number of allylic oxidation sites excluding steroid dienone is 2. The van der Waals surface area contributed by atoms with Gasteiger partial charge in [0, 0.05) is 11.4 Å². The summed E-state index contributed by atoms with van der Waals surface area (Å²) in [4.78, 5) is 23.9. The topological polar surface area (TPSA) is 78.5 Å². The molecule has 21 heavy (non-hydrogen) atoms. The van der Waals surface area contributed by atoms with E-state index in [2.05, 4.69) is 5.32 Å². The SMILES string of the molecule is COc1ccccc1NC(=O)[C@H]1CC=CC[C@]1(C)C(=O)[O-]. The van der Waals surface area contributed by atoms with Gasteiger partial charge in [0.2, 0.25) is 5.91 Å². The Balaban J connectivity index is 2.23. The van der Waals surface area contributed by atoms with E-state index in [1.54, 1.807) is 37.3 Å². The highest BCUT2D eigenvalue weighted by Gasteiger charge is 2.40. The van der Waals surface area contributed by atoms with Gasteiger partial charge >= 0.3 is 0 Å². The minimum absolute atomic E-state index is 0.291. The van der Waals surface area contributed by atoms with E-state index in [1.165, 1.54) is 7.11 Å². The first-order valence-electron chi connectivity index (χ1n) is 6.79. The molecular weight excluding hydrogens is 270 g/mol. The number of para-hydroxylation sites is 2. The first-order chi connectivity index (χ1) is 9.99. The summed E-state index contributed by atoms with van der Waals surface area (Å²) in [6, 6.07) is 7.01. The molecule has 2 atom stereocenters. The van der Waals surface area contributed by atoms with Crippen LogP contribution in [0.2, 0.25) is 0 Å². The van der Waals surface area contributed by atoms with Crippen LogP contribution in [-0.4, -0.2) is 19.0 Å². The number of nitrogens with one attached hydrogen (secondary N) is 1. The summed E-state index contributed by atoms with van der Waals surface area (Å²) in [7, 11) is 1.51. The fourth-order valence-corrected chi connectivity index (χ4v) is 2.55. The molecule has 0 saturated heterocycles. The molecule has 1 aliphatic carbocycles. The van der Waals surface area contributed by atoms with Crippen LogP contribution >= 0.6 is 0 Å². The van der Waals surface area contributed by atoms with Gasteiger partial charge in [-0.25, -0.2) is 0 Å². The molecule has 1 aliphatic rings. The minimum atomic E-state index is -1.20. The lowest BCUT2D eigenvalue weighted by Gasteiger charge is -2.38. The average Bonchev–Trinajstić information content (AvgIpc) is 2.48. The summed E-state index contributed by atoms with van der Waals surface area (Å²) in [5.74, 6) is -1.67. The zero-order valence-corrected chi connectivity index (χ0v) is 12.1. The first kappa shape index (κ1) is 15.1. The third-order valence-electron chi connectivity index (χ3n) is 4.00. The van der Waals surface area contributed by atoms with E-state index in [1.807, 2.05) is 6.08 Å². The number of methoxy groups -OCH3 is 1. The summed E-state index contributed by atoms with van der Waals surface area (Å²) >= 11 is 0. The summed E-state index contributed by atoms with van der Waals surface area (Å²) in [5.41, 5.74) is -0.666. The van der Waals surface area contributed by atoms with E-state index < -0.39 is 17.3 Å². The number of hydrogen-bond donors (Lipinski definition) is 1. The second-order valence-corrected chi connectivity index (χ2v) is 5.36. The molecule has 0 radical (unpaired) electrons. The largest absolute Gasteiger partial charge is 0.550 e. The number of ether oxygens (including phenoxy) is 1. The number of carboxylic acid groups (broad SMARTS) is 1. The molecule has 112 valence electrons. The number of carbonyl (C=O) groups is 2. The fraction of sp³-hybridized carbons (Fsp3) is 0.375. The van der Waals surface area contributed by atoms with Gasteiger partial charge in [-0.1, -0.05) is 31.2 Å². The standard InChI is InChI=1S/C16H19NO4/c1-16(15(19)20)10-6-5-7-11(16)14(18)17-12-8-3-4-9-13(12)21-2/h3-6,8-9,11H,7,10H2,1-2H3,(H,17,18)(H,19,20)/p-1/t11-,16+/m1/s1. The minimum Gasteiger partial charge on any atom is -0.550 e. The molecule has 5 heteroatoms. The van der Waals surface area contributed by atoms with Crippen LogP contribution in [0.3, 0.4) is 0 Å². The van der Waals surface area contributed by atoms with E-state index in [4.69, 9.17) is 4.74 Å². The molecule has 0 aromatic heterocycles. The molecule has 0 bridgehead atoms. The maximum atomic E-state index is 12.5. The third kappa shape index (κ3) is 2.91. The van der Waals surface area contributed by atoms with Gasteiger partial charge in [0.25, 0.3) is 0 Å². The van der Waals surface area contributed by atoms with Gasteiger partial charge in [-0.3, -0.25) is 4.79 Å². The van der Waals surface area contributed by atoms with Crippen molar-refractivity contribution in [3.05, 3.63) is 36.4 Å². The van der Waals surface area contributed by atoms with E-state index in [-0.39, 0.29) is 5.91 Å². The summed E-state index contributed by atoms with van der Waals surface area (Å²) in [6.45, 7) is 1.55. The maximum Gasteiger partial charge on any atom is 0.228 e. The van der Waals surface area contributed by atoms with Gasteiger partial charge in [-0.15, -0.1) is 0 Å². The van der Waals surface area contributed by atoms with Crippen molar-refractivity contribution in [3.8, 4) is 5.75 Å². The molecule has 1 amide bonds. The van der Waals surface area contributed by atoms with Crippen molar-refractivity contribution in [3.63, 3.8) is 0 Å². The highest BCUT2D eigenvalue weighted by molar-refractivity contribution is 5.97. The Morgan fingerprint density at radius 3 is 2.71 bits per heavy atom. The Bertz CT molecular complexity index is 581. The van der Waals surface area contributed by atoms with Gasteiger partial charge in [0.15, 0.2) is 0 Å². The molecule has 0 fully saturated rings. The maximum absolute atomic E-state index is 12.5. The van der Waals surface area contributed by atoms with E-state index in [0.717, 1.165) is 0 Å². The van der Waals surface area contributed by atoms with Crippen molar-refractivity contribution in [1.29, 1.82) is 0 Å². The number of amides is 1. The van der Waals surface area contributed by atoms with Gasteiger partial charge in [0.1, 0.15) is 5.75 Å². The van der Waals surface area contributed by atoms with Crippen LogP contribution in [0, 0.1) is 11.3 Å². The second-order valence-electron chi connectivity index (χ2n) is 5.36. The molecular formula is C16H18NO4-. The first-order valence-corrected chi connectivity index (χ1v) is 6.79. The van der Waals surface area contributed by atoms with Crippen molar-refractivity contribution in [2.75, 3.05) is 12.4 Å². The highest BCUT2D eigenvalue weighted by Crippen LogP contribution is 2.38. The smallest absolute Gasteiger partial charge is 0.228 e. The van der Waals surface area contributed by atoms with Gasteiger partial charge < -0.3 is 20.0 Å². The monoisotopic (exact) mass is 288 g/mol. The lowest BCUT2D eigenvalue weighted by molar-refractivity contribution is -0.320. The number of rotatable bonds is 4. The average molecular weight is 288 g/mol.